The lowest BCUT2D eigenvalue weighted by Crippen LogP contribution is -2.69. The number of amides is 1. The van der Waals surface area contributed by atoms with Gasteiger partial charge in [-0.05, 0) is 68.7 Å². The summed E-state index contributed by atoms with van der Waals surface area (Å²) in [7, 11) is -4.30. The van der Waals surface area contributed by atoms with Crippen molar-refractivity contribution in [3.05, 3.63) is 76.8 Å². The minimum absolute atomic E-state index is 0.229. The van der Waals surface area contributed by atoms with Gasteiger partial charge in [-0.2, -0.15) is 0 Å². The van der Waals surface area contributed by atoms with Crippen LogP contribution in [0.3, 0.4) is 0 Å². The van der Waals surface area contributed by atoms with Gasteiger partial charge < -0.3 is 9.80 Å². The maximum Gasteiger partial charge on any atom is 0.241 e. The van der Waals surface area contributed by atoms with E-state index in [0.29, 0.717) is 33.9 Å². The molecule has 10 heteroatoms. The van der Waals surface area contributed by atoms with Crippen LogP contribution < -0.4 is 14.9 Å². The number of sulfonamides is 1. The van der Waals surface area contributed by atoms with E-state index in [2.05, 4.69) is 0 Å². The molecule has 1 amide bonds. The summed E-state index contributed by atoms with van der Waals surface area (Å²) in [5.74, 6) is -2.09. The molecule has 0 aromatic heterocycles. The lowest BCUT2D eigenvalue weighted by molar-refractivity contribution is -0.126. The quantitative estimate of drug-likeness (QED) is 0.493. The smallest absolute Gasteiger partial charge is 0.241 e. The highest BCUT2D eigenvalue weighted by molar-refractivity contribution is 7.89. The molecule has 5 rings (SSSR count). The Labute approximate surface area is 219 Å². The summed E-state index contributed by atoms with van der Waals surface area (Å²) < 4.78 is 53.4. The molecule has 2 atom stereocenters. The van der Waals surface area contributed by atoms with Gasteiger partial charge in [0.2, 0.25) is 15.9 Å². The van der Waals surface area contributed by atoms with Crippen molar-refractivity contribution >= 4 is 38.9 Å². The number of hydrogen-bond acceptors (Lipinski definition) is 4. The van der Waals surface area contributed by atoms with Gasteiger partial charge in [0.25, 0.3) is 0 Å². The fourth-order valence-corrected chi connectivity index (χ4v) is 6.29. The molecule has 2 N–H and O–H groups in total. The standard InChI is InChI=1S/C27H26ClF2N3O3S/c1-15-10-17-12-22(30)25(37(31,35)36)13-24(17)33(15)26(34)19-14-32(27(19,2)3)23-9-8-16(11-21(23)29)18-6-4-5-7-20(18)28/h4-9,11-13,15,19H,10,14H2,1-3H3,(H2,31,35,36)/t15-,19+/m0/s1. The number of nitrogens with zero attached hydrogens (tertiary/aromatic N) is 2. The summed E-state index contributed by atoms with van der Waals surface area (Å²) in [5, 5.41) is 5.70. The third-order valence-electron chi connectivity index (χ3n) is 7.53. The number of halogens is 3. The molecule has 2 heterocycles. The van der Waals surface area contributed by atoms with E-state index in [-0.39, 0.29) is 18.5 Å². The second-order valence-corrected chi connectivity index (χ2v) is 12.1. The third kappa shape index (κ3) is 4.19. The van der Waals surface area contributed by atoms with Crippen LogP contribution in [0.4, 0.5) is 20.2 Å². The highest BCUT2D eigenvalue weighted by Crippen LogP contribution is 2.45. The molecule has 6 nitrogen and oxygen atoms in total. The van der Waals surface area contributed by atoms with Gasteiger partial charge in [-0.25, -0.2) is 22.3 Å². The summed E-state index contributed by atoms with van der Waals surface area (Å²) >= 11 is 6.27. The lowest BCUT2D eigenvalue weighted by atomic mass is 9.75. The first-order valence-corrected chi connectivity index (χ1v) is 13.7. The molecule has 37 heavy (non-hydrogen) atoms. The molecule has 194 valence electrons. The maximum absolute atomic E-state index is 15.3. The molecular weight excluding hydrogens is 520 g/mol. The largest absolute Gasteiger partial charge is 0.362 e. The number of anilines is 2. The Hall–Kier alpha value is -3.01. The van der Waals surface area contributed by atoms with Crippen LogP contribution >= 0.6 is 11.6 Å². The van der Waals surface area contributed by atoms with Crippen molar-refractivity contribution in [1.82, 2.24) is 0 Å². The Bertz CT molecular complexity index is 1540. The van der Waals surface area contributed by atoms with E-state index in [1.165, 1.54) is 11.0 Å². The highest BCUT2D eigenvalue weighted by atomic mass is 35.5. The van der Waals surface area contributed by atoms with Crippen molar-refractivity contribution in [3.63, 3.8) is 0 Å². The molecule has 0 spiro atoms. The number of rotatable bonds is 4. The second kappa shape index (κ2) is 8.79. The number of benzene rings is 3. The van der Waals surface area contributed by atoms with Crippen molar-refractivity contribution in [3.8, 4) is 11.1 Å². The van der Waals surface area contributed by atoms with E-state index < -0.39 is 38.0 Å². The molecule has 0 aliphatic carbocycles. The molecule has 2 aliphatic heterocycles. The number of carbonyl (C=O) groups excluding carboxylic acids is 1. The fourth-order valence-electron chi connectivity index (χ4n) is 5.44. The highest BCUT2D eigenvalue weighted by Gasteiger charge is 2.53. The van der Waals surface area contributed by atoms with Crippen LogP contribution in [0.5, 0.6) is 0 Å². The first kappa shape index (κ1) is 25.6. The number of nitrogens with two attached hydrogens (primary N) is 1. The van der Waals surface area contributed by atoms with E-state index in [9.17, 15) is 17.6 Å². The van der Waals surface area contributed by atoms with Crippen LogP contribution in [0.15, 0.2) is 59.5 Å². The Morgan fingerprint density at radius 1 is 1.05 bits per heavy atom. The van der Waals surface area contributed by atoms with Crippen LogP contribution in [-0.4, -0.2) is 32.5 Å². The number of carbonyl (C=O) groups is 1. The van der Waals surface area contributed by atoms with Gasteiger partial charge in [-0.15, -0.1) is 0 Å². The van der Waals surface area contributed by atoms with Gasteiger partial charge in [-0.3, -0.25) is 4.79 Å². The molecule has 0 bridgehead atoms. The van der Waals surface area contributed by atoms with Crippen molar-refractivity contribution in [2.45, 2.75) is 43.7 Å². The summed E-state index contributed by atoms with van der Waals surface area (Å²) in [6.07, 6.45) is 0.387. The van der Waals surface area contributed by atoms with E-state index in [0.717, 1.165) is 17.7 Å². The van der Waals surface area contributed by atoms with Crippen molar-refractivity contribution in [2.24, 2.45) is 11.1 Å². The van der Waals surface area contributed by atoms with Crippen LogP contribution in [-0.2, 0) is 21.2 Å². The van der Waals surface area contributed by atoms with E-state index >= 15 is 4.39 Å². The van der Waals surface area contributed by atoms with Gasteiger partial charge in [0.1, 0.15) is 16.5 Å². The molecule has 1 fully saturated rings. The zero-order chi connectivity index (χ0) is 26.9. The van der Waals surface area contributed by atoms with Crippen LogP contribution in [0.2, 0.25) is 5.02 Å². The van der Waals surface area contributed by atoms with Crippen LogP contribution in [0.1, 0.15) is 26.3 Å². The summed E-state index contributed by atoms with van der Waals surface area (Å²) in [4.78, 5) is 16.4. The monoisotopic (exact) mass is 545 g/mol. The Morgan fingerprint density at radius 3 is 2.38 bits per heavy atom. The Morgan fingerprint density at radius 2 is 1.76 bits per heavy atom. The molecule has 0 radical (unpaired) electrons. The molecular formula is C27H26ClF2N3O3S. The van der Waals surface area contributed by atoms with Crippen LogP contribution in [0, 0.1) is 17.6 Å². The fraction of sp³-hybridized carbons (Fsp3) is 0.296. The molecule has 2 aliphatic rings. The molecule has 0 unspecified atom stereocenters. The van der Waals surface area contributed by atoms with Gasteiger partial charge in [0.15, 0.2) is 0 Å². The van der Waals surface area contributed by atoms with Crippen molar-refractivity contribution in [1.29, 1.82) is 0 Å². The van der Waals surface area contributed by atoms with Gasteiger partial charge in [-0.1, -0.05) is 35.9 Å². The SMILES string of the molecule is C[C@H]1Cc2cc(F)c(S(N)(=O)=O)cc2N1C(=O)[C@H]1CN(c2ccc(-c3ccccc3Cl)cc2F)C1(C)C. The zero-order valence-electron chi connectivity index (χ0n) is 20.5. The average Bonchev–Trinajstić information content (AvgIpc) is 3.13. The minimum Gasteiger partial charge on any atom is -0.362 e. The Balaban J connectivity index is 1.42. The van der Waals surface area contributed by atoms with Gasteiger partial charge in [0, 0.05) is 34.4 Å². The topological polar surface area (TPSA) is 83.7 Å². The lowest BCUT2D eigenvalue weighted by Gasteiger charge is -2.56. The average molecular weight is 546 g/mol. The second-order valence-electron chi connectivity index (χ2n) is 10.2. The normalized spacial score (nSPS) is 20.5. The predicted octanol–water partition coefficient (Wildman–Crippen LogP) is 5.13. The van der Waals surface area contributed by atoms with Gasteiger partial charge in [0.05, 0.1) is 11.6 Å². The van der Waals surface area contributed by atoms with E-state index in [1.54, 1.807) is 18.2 Å². The molecule has 1 saturated heterocycles. The summed E-state index contributed by atoms with van der Waals surface area (Å²) in [6.45, 7) is 5.82. The predicted molar refractivity (Wildman–Crippen MR) is 140 cm³/mol. The number of primary sulfonamides is 1. The molecule has 0 saturated carbocycles. The van der Waals surface area contributed by atoms with Gasteiger partial charge >= 0.3 is 0 Å². The van der Waals surface area contributed by atoms with E-state index in [1.807, 2.05) is 43.9 Å². The molecule has 3 aromatic rings. The molecule has 3 aromatic carbocycles. The minimum atomic E-state index is -4.30. The summed E-state index contributed by atoms with van der Waals surface area (Å²) in [6, 6.07) is 14.1. The van der Waals surface area contributed by atoms with Crippen LogP contribution in [0.25, 0.3) is 11.1 Å². The van der Waals surface area contributed by atoms with Crippen molar-refractivity contribution in [2.75, 3.05) is 16.3 Å². The maximum atomic E-state index is 15.3. The Kier molecular flexibility index (Phi) is 6.09. The third-order valence-corrected chi connectivity index (χ3v) is 8.78. The van der Waals surface area contributed by atoms with E-state index in [4.69, 9.17) is 16.7 Å². The summed E-state index contributed by atoms with van der Waals surface area (Å²) in [5.41, 5.74) is 1.90. The zero-order valence-corrected chi connectivity index (χ0v) is 22.1. The van der Waals surface area contributed by atoms with Crippen molar-refractivity contribution < 1.29 is 22.0 Å². The number of hydrogen-bond donors (Lipinski definition) is 1. The first-order valence-electron chi connectivity index (χ1n) is 11.8. The first-order chi connectivity index (χ1) is 17.3. The number of fused-ring (bicyclic) bond motifs is 1.